The minimum Gasteiger partial charge on any atom is -0.493 e. The van der Waals surface area contributed by atoms with Crippen molar-refractivity contribution in [2.45, 2.75) is 33.6 Å². The molecular weight excluding hydrogens is 404 g/mol. The average Bonchev–Trinajstić information content (AvgIpc) is 2.78. The summed E-state index contributed by atoms with van der Waals surface area (Å²) in [6.45, 7) is 6.79. The van der Waals surface area contributed by atoms with Crippen molar-refractivity contribution in [2.24, 2.45) is 0 Å². The molecule has 2 rings (SSSR count). The molecule has 170 valence electrons. The number of para-hydroxylation sites is 2. The summed E-state index contributed by atoms with van der Waals surface area (Å²) in [6.07, 6.45) is 9.39. The predicted molar refractivity (Wildman–Crippen MR) is 129 cm³/mol. The Kier molecular flexibility index (Phi) is 10.1. The minimum atomic E-state index is -0.498. The number of carbonyl (C=O) groups excluding carboxylic acids is 1. The quantitative estimate of drug-likeness (QED) is 0.177. The molecule has 0 aromatic heterocycles. The van der Waals surface area contributed by atoms with Crippen molar-refractivity contribution in [1.82, 2.24) is 0 Å². The number of rotatable bonds is 11. The third-order valence-corrected chi connectivity index (χ3v) is 4.64. The van der Waals surface area contributed by atoms with Crippen LogP contribution in [0.15, 0.2) is 71.8 Å². The first-order chi connectivity index (χ1) is 15.4. The van der Waals surface area contributed by atoms with Crippen LogP contribution in [0.5, 0.6) is 23.0 Å². The third-order valence-electron chi connectivity index (χ3n) is 4.64. The van der Waals surface area contributed by atoms with Gasteiger partial charge in [0.2, 0.25) is 0 Å². The Morgan fingerprint density at radius 2 is 1.59 bits per heavy atom. The lowest BCUT2D eigenvalue weighted by Crippen LogP contribution is -2.04. The number of carbonyl (C=O) groups is 1. The molecule has 32 heavy (non-hydrogen) atoms. The molecular formula is C27H32O5. The highest BCUT2D eigenvalue weighted by molar-refractivity contribution is 5.89. The topological polar surface area (TPSA) is 54.0 Å². The Morgan fingerprint density at radius 1 is 0.875 bits per heavy atom. The van der Waals surface area contributed by atoms with Crippen molar-refractivity contribution >= 4 is 12.0 Å². The molecule has 5 nitrogen and oxygen atoms in total. The second kappa shape index (κ2) is 13.1. The second-order valence-electron chi connectivity index (χ2n) is 7.50. The van der Waals surface area contributed by atoms with E-state index in [-0.39, 0.29) is 0 Å². The van der Waals surface area contributed by atoms with Gasteiger partial charge in [0.1, 0.15) is 6.61 Å². The first kappa shape index (κ1) is 24.8. The third kappa shape index (κ3) is 8.34. The van der Waals surface area contributed by atoms with Crippen molar-refractivity contribution in [3.8, 4) is 23.0 Å². The number of ether oxygens (including phenoxy) is 4. The number of hydrogen-bond donors (Lipinski definition) is 0. The molecule has 0 amide bonds. The van der Waals surface area contributed by atoms with Crippen molar-refractivity contribution in [3.63, 3.8) is 0 Å². The summed E-state index contributed by atoms with van der Waals surface area (Å²) >= 11 is 0. The van der Waals surface area contributed by atoms with E-state index in [0.717, 1.165) is 18.4 Å². The summed E-state index contributed by atoms with van der Waals surface area (Å²) in [4.78, 5) is 12.2. The molecule has 0 saturated heterocycles. The average molecular weight is 437 g/mol. The van der Waals surface area contributed by atoms with Gasteiger partial charge in [-0.05, 0) is 75.6 Å². The molecule has 0 spiro atoms. The highest BCUT2D eigenvalue weighted by Gasteiger charge is 2.08. The van der Waals surface area contributed by atoms with Crippen LogP contribution >= 0.6 is 0 Å². The maximum absolute atomic E-state index is 12.2. The molecule has 0 radical (unpaired) electrons. The van der Waals surface area contributed by atoms with E-state index < -0.39 is 5.97 Å². The van der Waals surface area contributed by atoms with E-state index in [1.54, 1.807) is 31.4 Å². The fraction of sp³-hybridized carbons (Fsp3) is 0.296. The molecule has 0 atom stereocenters. The SMILES string of the molecule is COc1cc(/C=C/C(=O)Oc2ccccc2OC)ccc1OC/C=C(\C)CCC=C(C)C. The Labute approximate surface area is 191 Å². The molecule has 0 heterocycles. The Morgan fingerprint density at radius 3 is 2.28 bits per heavy atom. The van der Waals surface area contributed by atoms with Crippen LogP contribution in [0.25, 0.3) is 6.08 Å². The first-order valence-corrected chi connectivity index (χ1v) is 10.6. The molecule has 0 fully saturated rings. The van der Waals surface area contributed by atoms with E-state index in [1.807, 2.05) is 24.3 Å². The van der Waals surface area contributed by atoms with Gasteiger partial charge >= 0.3 is 5.97 Å². The summed E-state index contributed by atoms with van der Waals surface area (Å²) < 4.78 is 21.8. The Balaban J connectivity index is 1.96. The molecule has 0 N–H and O–H groups in total. The molecule has 0 aliphatic rings. The van der Waals surface area contributed by atoms with Gasteiger partial charge in [-0.3, -0.25) is 0 Å². The van der Waals surface area contributed by atoms with Gasteiger partial charge in [-0.25, -0.2) is 4.79 Å². The van der Waals surface area contributed by atoms with Crippen LogP contribution in [0, 0.1) is 0 Å². The number of benzene rings is 2. The first-order valence-electron chi connectivity index (χ1n) is 10.6. The van der Waals surface area contributed by atoms with Gasteiger partial charge in [0.25, 0.3) is 0 Å². The van der Waals surface area contributed by atoms with Gasteiger partial charge in [0, 0.05) is 6.08 Å². The summed E-state index contributed by atoms with van der Waals surface area (Å²) in [6, 6.07) is 12.5. The number of methoxy groups -OCH3 is 2. The Bertz CT molecular complexity index is 981. The molecule has 5 heteroatoms. The molecule has 0 bridgehead atoms. The van der Waals surface area contributed by atoms with Gasteiger partial charge in [-0.15, -0.1) is 0 Å². The summed E-state index contributed by atoms with van der Waals surface area (Å²) in [7, 11) is 3.12. The van der Waals surface area contributed by atoms with Crippen LogP contribution in [0.1, 0.15) is 39.2 Å². The van der Waals surface area contributed by atoms with Gasteiger partial charge in [-0.1, -0.05) is 35.4 Å². The van der Waals surface area contributed by atoms with Gasteiger partial charge in [0.05, 0.1) is 14.2 Å². The van der Waals surface area contributed by atoms with Gasteiger partial charge in [-0.2, -0.15) is 0 Å². The maximum atomic E-state index is 12.2. The molecule has 0 aliphatic carbocycles. The van der Waals surface area contributed by atoms with Gasteiger partial charge < -0.3 is 18.9 Å². The van der Waals surface area contributed by atoms with Crippen molar-refractivity contribution in [3.05, 3.63) is 77.4 Å². The normalized spacial score (nSPS) is 11.2. The smallest absolute Gasteiger partial charge is 0.336 e. The Hall–Kier alpha value is -3.47. The number of esters is 1. The van der Waals surface area contributed by atoms with Crippen LogP contribution in [0.3, 0.4) is 0 Å². The fourth-order valence-corrected chi connectivity index (χ4v) is 2.88. The van der Waals surface area contributed by atoms with E-state index in [0.29, 0.717) is 29.6 Å². The van der Waals surface area contributed by atoms with Crippen molar-refractivity contribution in [2.75, 3.05) is 20.8 Å². The summed E-state index contributed by atoms with van der Waals surface area (Å²) in [5, 5.41) is 0. The zero-order valence-electron chi connectivity index (χ0n) is 19.5. The zero-order chi connectivity index (χ0) is 23.3. The fourth-order valence-electron chi connectivity index (χ4n) is 2.88. The number of allylic oxidation sites excluding steroid dienone is 3. The second-order valence-corrected chi connectivity index (χ2v) is 7.50. The van der Waals surface area contributed by atoms with E-state index >= 15 is 0 Å². The molecule has 0 aliphatic heterocycles. The van der Waals surface area contributed by atoms with Crippen LogP contribution in [0.4, 0.5) is 0 Å². The standard InChI is InChI=1S/C27H32O5/c1-20(2)9-8-10-21(3)17-18-31-24-15-13-22(19-26(24)30-5)14-16-27(28)32-25-12-7-6-11-23(25)29-4/h6-7,9,11-17,19H,8,10,18H2,1-5H3/b16-14+,21-17+. The lowest BCUT2D eigenvalue weighted by molar-refractivity contribution is -0.129. The van der Waals surface area contributed by atoms with Crippen LogP contribution < -0.4 is 18.9 Å². The monoisotopic (exact) mass is 436 g/mol. The van der Waals surface area contributed by atoms with Crippen molar-refractivity contribution in [1.29, 1.82) is 0 Å². The van der Waals surface area contributed by atoms with E-state index in [4.69, 9.17) is 18.9 Å². The summed E-state index contributed by atoms with van der Waals surface area (Å²) in [5.41, 5.74) is 3.41. The highest BCUT2D eigenvalue weighted by Crippen LogP contribution is 2.29. The molecule has 2 aromatic carbocycles. The van der Waals surface area contributed by atoms with Crippen LogP contribution in [-0.4, -0.2) is 26.8 Å². The van der Waals surface area contributed by atoms with Crippen LogP contribution in [0.2, 0.25) is 0 Å². The molecule has 2 aromatic rings. The van der Waals surface area contributed by atoms with Gasteiger partial charge in [0.15, 0.2) is 23.0 Å². The molecule has 0 unspecified atom stereocenters. The molecule has 0 saturated carbocycles. The minimum absolute atomic E-state index is 0.371. The maximum Gasteiger partial charge on any atom is 0.336 e. The predicted octanol–water partition coefficient (Wildman–Crippen LogP) is 6.39. The van der Waals surface area contributed by atoms with E-state index in [2.05, 4.69) is 32.9 Å². The van der Waals surface area contributed by atoms with Crippen LogP contribution in [-0.2, 0) is 4.79 Å². The zero-order valence-corrected chi connectivity index (χ0v) is 19.5. The largest absolute Gasteiger partial charge is 0.493 e. The summed E-state index contributed by atoms with van der Waals surface area (Å²) in [5.74, 6) is 1.62. The van der Waals surface area contributed by atoms with Crippen molar-refractivity contribution < 1.29 is 23.7 Å². The lowest BCUT2D eigenvalue weighted by atomic mass is 10.1. The number of hydrogen-bond acceptors (Lipinski definition) is 5. The lowest BCUT2D eigenvalue weighted by Gasteiger charge is -2.10. The van der Waals surface area contributed by atoms with E-state index in [9.17, 15) is 4.79 Å². The highest BCUT2D eigenvalue weighted by atomic mass is 16.6. The van der Waals surface area contributed by atoms with E-state index in [1.165, 1.54) is 24.3 Å².